The molecule has 1 aromatic carbocycles. The van der Waals surface area contributed by atoms with Crippen molar-refractivity contribution >= 4 is 17.2 Å². The van der Waals surface area contributed by atoms with Crippen LogP contribution < -0.4 is 15.8 Å². The Morgan fingerprint density at radius 1 is 1.52 bits per heavy atom. The van der Waals surface area contributed by atoms with E-state index in [-0.39, 0.29) is 24.3 Å². The van der Waals surface area contributed by atoms with Crippen LogP contribution in [0.5, 0.6) is 5.75 Å². The number of benzene rings is 1. The van der Waals surface area contributed by atoms with E-state index in [4.69, 9.17) is 10.5 Å². The number of hydrogen-bond donors (Lipinski definition) is 2. The summed E-state index contributed by atoms with van der Waals surface area (Å²) in [5.41, 5.74) is 5.78. The molecule has 1 aromatic heterocycles. The first-order valence-electron chi connectivity index (χ1n) is 6.44. The first kappa shape index (κ1) is 15.4. The molecule has 3 N–H and O–H groups in total. The summed E-state index contributed by atoms with van der Waals surface area (Å²) in [7, 11) is 0. The molecule has 0 spiro atoms. The molecular formula is C14H16FN3O2S. The van der Waals surface area contributed by atoms with E-state index < -0.39 is 5.82 Å². The van der Waals surface area contributed by atoms with Crippen molar-refractivity contribution < 1.29 is 13.9 Å². The number of carbonyl (C=O) groups excluding carboxylic acids is 1. The number of amides is 1. The average Bonchev–Trinajstić information content (AvgIpc) is 2.96. The summed E-state index contributed by atoms with van der Waals surface area (Å²) in [5, 5.41) is 5.05. The second-order valence-corrected chi connectivity index (χ2v) is 5.34. The van der Waals surface area contributed by atoms with E-state index in [9.17, 15) is 9.18 Å². The van der Waals surface area contributed by atoms with Gasteiger partial charge in [-0.1, -0.05) is 12.1 Å². The summed E-state index contributed by atoms with van der Waals surface area (Å²) in [6.07, 6.45) is -0.363. The lowest BCUT2D eigenvalue weighted by molar-refractivity contribution is 0.0926. The largest absolute Gasteiger partial charge is 0.486 e. The molecule has 0 aliphatic rings. The normalized spacial score (nSPS) is 12.0. The number of halogens is 1. The Labute approximate surface area is 126 Å². The van der Waals surface area contributed by atoms with E-state index in [1.807, 2.05) is 0 Å². The number of nitrogens with zero attached hydrogens (tertiary/aromatic N) is 1. The first-order valence-corrected chi connectivity index (χ1v) is 7.32. The van der Waals surface area contributed by atoms with E-state index in [1.165, 1.54) is 17.4 Å². The number of para-hydroxylation sites is 1. The van der Waals surface area contributed by atoms with Gasteiger partial charge in [0.05, 0.1) is 6.54 Å². The Morgan fingerprint density at radius 2 is 2.29 bits per heavy atom. The van der Waals surface area contributed by atoms with Gasteiger partial charge in [-0.25, -0.2) is 9.37 Å². The molecule has 0 aliphatic carbocycles. The summed E-state index contributed by atoms with van der Waals surface area (Å²) < 4.78 is 18.9. The lowest BCUT2D eigenvalue weighted by Crippen LogP contribution is -2.33. The van der Waals surface area contributed by atoms with Gasteiger partial charge in [0.25, 0.3) is 5.91 Å². The maximum atomic E-state index is 13.4. The van der Waals surface area contributed by atoms with Gasteiger partial charge in [0.1, 0.15) is 16.8 Å². The Hall–Kier alpha value is -1.99. The van der Waals surface area contributed by atoms with Crippen LogP contribution in [0.1, 0.15) is 22.4 Å². The van der Waals surface area contributed by atoms with Crippen LogP contribution in [0, 0.1) is 5.82 Å². The zero-order valence-electron chi connectivity index (χ0n) is 11.5. The van der Waals surface area contributed by atoms with Gasteiger partial charge < -0.3 is 15.8 Å². The molecule has 5 nitrogen and oxygen atoms in total. The summed E-state index contributed by atoms with van der Waals surface area (Å²) in [5.74, 6) is -0.559. The molecule has 0 saturated heterocycles. The number of rotatable bonds is 6. The van der Waals surface area contributed by atoms with Crippen molar-refractivity contribution in [3.63, 3.8) is 0 Å². The lowest BCUT2D eigenvalue weighted by Gasteiger charge is -2.15. The molecule has 1 atom stereocenters. The maximum absolute atomic E-state index is 13.4. The summed E-state index contributed by atoms with van der Waals surface area (Å²) in [6.45, 7) is 2.31. The molecule has 0 aliphatic heterocycles. The predicted octanol–water partition coefficient (Wildman–Crippen LogP) is 1.94. The van der Waals surface area contributed by atoms with Crippen molar-refractivity contribution in [2.24, 2.45) is 5.73 Å². The number of nitrogens with two attached hydrogens (primary N) is 1. The molecule has 21 heavy (non-hydrogen) atoms. The Kier molecular flexibility index (Phi) is 5.24. The van der Waals surface area contributed by atoms with Crippen LogP contribution in [-0.2, 0) is 6.54 Å². The fourth-order valence-electron chi connectivity index (χ4n) is 1.63. The molecule has 1 heterocycles. The van der Waals surface area contributed by atoms with Gasteiger partial charge in [-0.3, -0.25) is 4.79 Å². The van der Waals surface area contributed by atoms with Crippen molar-refractivity contribution in [3.8, 4) is 5.75 Å². The highest BCUT2D eigenvalue weighted by atomic mass is 32.1. The minimum atomic E-state index is -0.428. The zero-order valence-corrected chi connectivity index (χ0v) is 12.3. The van der Waals surface area contributed by atoms with Crippen molar-refractivity contribution in [1.29, 1.82) is 0 Å². The van der Waals surface area contributed by atoms with Gasteiger partial charge in [-0.2, -0.15) is 0 Å². The number of nitrogens with one attached hydrogen (secondary N) is 1. The Bertz CT molecular complexity index is 618. The van der Waals surface area contributed by atoms with E-state index in [0.29, 0.717) is 17.2 Å². The second-order valence-electron chi connectivity index (χ2n) is 4.40. The lowest BCUT2D eigenvalue weighted by atomic mass is 10.3. The monoisotopic (exact) mass is 309 g/mol. The van der Waals surface area contributed by atoms with Crippen molar-refractivity contribution in [2.45, 2.75) is 19.6 Å². The summed E-state index contributed by atoms with van der Waals surface area (Å²) in [4.78, 5) is 15.9. The Morgan fingerprint density at radius 3 is 2.95 bits per heavy atom. The summed E-state index contributed by atoms with van der Waals surface area (Å²) >= 11 is 1.34. The van der Waals surface area contributed by atoms with Gasteiger partial charge >= 0.3 is 0 Å². The van der Waals surface area contributed by atoms with Gasteiger partial charge in [0.15, 0.2) is 11.6 Å². The first-order chi connectivity index (χ1) is 10.1. The fraction of sp³-hybridized carbons (Fsp3) is 0.286. The van der Waals surface area contributed by atoms with Crippen LogP contribution in [0.25, 0.3) is 0 Å². The third kappa shape index (κ3) is 4.24. The number of ether oxygens (including phenoxy) is 1. The van der Waals surface area contributed by atoms with Crippen LogP contribution >= 0.6 is 11.3 Å². The molecule has 112 valence electrons. The minimum absolute atomic E-state index is 0.165. The molecule has 1 amide bonds. The van der Waals surface area contributed by atoms with E-state index in [0.717, 1.165) is 0 Å². The fourth-order valence-corrected chi connectivity index (χ4v) is 2.29. The summed E-state index contributed by atoms with van der Waals surface area (Å²) in [6, 6.07) is 6.14. The molecular weight excluding hydrogens is 293 g/mol. The van der Waals surface area contributed by atoms with Crippen LogP contribution in [0.15, 0.2) is 29.6 Å². The topological polar surface area (TPSA) is 77.2 Å². The van der Waals surface area contributed by atoms with Crippen molar-refractivity contribution in [1.82, 2.24) is 10.3 Å². The minimum Gasteiger partial charge on any atom is -0.486 e. The van der Waals surface area contributed by atoms with Crippen LogP contribution in [0.4, 0.5) is 4.39 Å². The third-order valence-corrected chi connectivity index (χ3v) is 3.55. The van der Waals surface area contributed by atoms with Crippen molar-refractivity contribution in [2.75, 3.05) is 6.54 Å². The van der Waals surface area contributed by atoms with E-state index in [1.54, 1.807) is 30.5 Å². The molecule has 7 heteroatoms. The smallest absolute Gasteiger partial charge is 0.270 e. The maximum Gasteiger partial charge on any atom is 0.270 e. The van der Waals surface area contributed by atoms with Crippen molar-refractivity contribution in [3.05, 3.63) is 46.2 Å². The van der Waals surface area contributed by atoms with E-state index in [2.05, 4.69) is 10.3 Å². The molecule has 0 fully saturated rings. The molecule has 2 rings (SSSR count). The van der Waals surface area contributed by atoms with Crippen LogP contribution in [0.3, 0.4) is 0 Å². The number of hydrogen-bond acceptors (Lipinski definition) is 5. The Balaban J connectivity index is 1.85. The molecule has 0 bridgehead atoms. The third-order valence-electron chi connectivity index (χ3n) is 2.67. The zero-order chi connectivity index (χ0) is 15.2. The quantitative estimate of drug-likeness (QED) is 0.855. The number of aromatic nitrogens is 1. The highest BCUT2D eigenvalue weighted by Crippen LogP contribution is 2.16. The predicted molar refractivity (Wildman–Crippen MR) is 78.8 cm³/mol. The molecule has 2 aromatic rings. The number of thiazole rings is 1. The molecule has 0 radical (unpaired) electrons. The van der Waals surface area contributed by atoms with Crippen LogP contribution in [0.2, 0.25) is 0 Å². The van der Waals surface area contributed by atoms with Crippen LogP contribution in [-0.4, -0.2) is 23.5 Å². The van der Waals surface area contributed by atoms with Gasteiger partial charge in [-0.15, -0.1) is 11.3 Å². The highest BCUT2D eigenvalue weighted by molar-refractivity contribution is 7.09. The number of carbonyl (C=O) groups is 1. The van der Waals surface area contributed by atoms with Gasteiger partial charge in [0, 0.05) is 11.9 Å². The standard InChI is InChI=1S/C14H16FN3O2S/c1-9(20-12-5-3-2-4-10(12)15)7-17-14(19)11-8-21-13(6-16)18-11/h2-5,8-9H,6-7,16H2,1H3,(H,17,19). The molecule has 1 unspecified atom stereocenters. The SMILES string of the molecule is CC(CNC(=O)c1csc(CN)n1)Oc1ccccc1F. The average molecular weight is 309 g/mol. The van der Waals surface area contributed by atoms with Gasteiger partial charge in [-0.05, 0) is 19.1 Å². The molecule has 0 saturated carbocycles. The highest BCUT2D eigenvalue weighted by Gasteiger charge is 2.13. The van der Waals surface area contributed by atoms with Gasteiger partial charge in [0.2, 0.25) is 0 Å². The second kappa shape index (κ2) is 7.14. The van der Waals surface area contributed by atoms with E-state index >= 15 is 0 Å².